The maximum absolute atomic E-state index is 11.9. The number of para-hydroxylation sites is 2. The molecule has 0 aliphatic rings. The minimum atomic E-state index is -0.483. The van der Waals surface area contributed by atoms with Crippen LogP contribution in [-0.4, -0.2) is 31.8 Å². The Bertz CT molecular complexity index is 911. The SMILES string of the molecule is COc1ccc(Nc2nc(COC(=O)COc3ccccc3OC)cs2)cc1. The Morgan fingerprint density at radius 1 is 1.04 bits per heavy atom. The second-order valence-electron chi connectivity index (χ2n) is 5.60. The molecule has 0 bridgehead atoms. The van der Waals surface area contributed by atoms with Crippen LogP contribution in [0.5, 0.6) is 17.2 Å². The number of hydrogen-bond donors (Lipinski definition) is 1. The summed E-state index contributed by atoms with van der Waals surface area (Å²) in [7, 11) is 3.17. The van der Waals surface area contributed by atoms with Crippen LogP contribution in [-0.2, 0) is 16.1 Å². The maximum atomic E-state index is 11.9. The van der Waals surface area contributed by atoms with Gasteiger partial charge in [0.25, 0.3) is 0 Å². The molecule has 0 saturated heterocycles. The largest absolute Gasteiger partial charge is 0.497 e. The van der Waals surface area contributed by atoms with Crippen molar-refractivity contribution in [3.63, 3.8) is 0 Å². The smallest absolute Gasteiger partial charge is 0.344 e. The van der Waals surface area contributed by atoms with Gasteiger partial charge in [0.2, 0.25) is 0 Å². The number of thiazole rings is 1. The molecule has 8 heteroatoms. The summed E-state index contributed by atoms with van der Waals surface area (Å²) < 4.78 is 21.0. The second kappa shape index (κ2) is 9.61. The van der Waals surface area contributed by atoms with E-state index in [1.807, 2.05) is 35.7 Å². The third-order valence-corrected chi connectivity index (χ3v) is 4.50. The molecule has 0 unspecified atom stereocenters. The fourth-order valence-electron chi connectivity index (χ4n) is 2.30. The summed E-state index contributed by atoms with van der Waals surface area (Å²) in [6.07, 6.45) is 0. The lowest BCUT2D eigenvalue weighted by atomic mass is 10.3. The normalized spacial score (nSPS) is 10.2. The van der Waals surface area contributed by atoms with Crippen molar-refractivity contribution in [3.05, 3.63) is 59.6 Å². The van der Waals surface area contributed by atoms with E-state index in [1.54, 1.807) is 32.4 Å². The highest BCUT2D eigenvalue weighted by Crippen LogP contribution is 2.26. The topological polar surface area (TPSA) is 78.9 Å². The van der Waals surface area contributed by atoms with Crippen molar-refractivity contribution in [3.8, 4) is 17.2 Å². The van der Waals surface area contributed by atoms with E-state index < -0.39 is 5.97 Å². The predicted molar refractivity (Wildman–Crippen MR) is 107 cm³/mol. The Kier molecular flexibility index (Phi) is 6.69. The minimum absolute atomic E-state index is 0.0783. The summed E-state index contributed by atoms with van der Waals surface area (Å²) in [5, 5.41) is 5.74. The molecule has 0 amide bonds. The molecule has 3 aromatic rings. The van der Waals surface area contributed by atoms with E-state index in [4.69, 9.17) is 18.9 Å². The van der Waals surface area contributed by atoms with Crippen molar-refractivity contribution >= 4 is 28.1 Å². The molecule has 0 saturated carbocycles. The number of ether oxygens (including phenoxy) is 4. The fourth-order valence-corrected chi connectivity index (χ4v) is 3.01. The van der Waals surface area contributed by atoms with Crippen LogP contribution in [0.15, 0.2) is 53.9 Å². The first-order valence-electron chi connectivity index (χ1n) is 8.45. The summed E-state index contributed by atoms with van der Waals surface area (Å²) in [6, 6.07) is 14.6. The number of carbonyl (C=O) groups is 1. The molecule has 0 aliphatic heterocycles. The van der Waals surface area contributed by atoms with Gasteiger partial charge in [0.05, 0.1) is 19.9 Å². The Labute approximate surface area is 166 Å². The quantitative estimate of drug-likeness (QED) is 0.543. The highest BCUT2D eigenvalue weighted by atomic mass is 32.1. The summed E-state index contributed by atoms with van der Waals surface area (Å²) in [5.41, 5.74) is 1.55. The van der Waals surface area contributed by atoms with Crippen LogP contribution in [0.1, 0.15) is 5.69 Å². The lowest BCUT2D eigenvalue weighted by molar-refractivity contribution is -0.147. The van der Waals surface area contributed by atoms with E-state index in [-0.39, 0.29) is 13.2 Å². The molecule has 1 aromatic heterocycles. The van der Waals surface area contributed by atoms with Crippen LogP contribution in [0.4, 0.5) is 10.8 Å². The number of rotatable bonds is 9. The first-order valence-corrected chi connectivity index (χ1v) is 9.33. The standard InChI is InChI=1S/C20H20N2O5S/c1-24-16-9-7-14(8-10-16)21-20-22-15(13-28-20)11-27-19(23)12-26-18-6-4-3-5-17(18)25-2/h3-10,13H,11-12H2,1-2H3,(H,21,22). The van der Waals surface area contributed by atoms with E-state index in [1.165, 1.54) is 11.3 Å². The monoisotopic (exact) mass is 400 g/mol. The lowest BCUT2D eigenvalue weighted by Crippen LogP contribution is -2.15. The van der Waals surface area contributed by atoms with Crippen LogP contribution >= 0.6 is 11.3 Å². The van der Waals surface area contributed by atoms with Gasteiger partial charge >= 0.3 is 5.97 Å². The number of esters is 1. The van der Waals surface area contributed by atoms with Gasteiger partial charge in [-0.2, -0.15) is 0 Å². The zero-order valence-electron chi connectivity index (χ0n) is 15.5. The van der Waals surface area contributed by atoms with E-state index in [2.05, 4.69) is 10.3 Å². The third-order valence-electron chi connectivity index (χ3n) is 3.69. The van der Waals surface area contributed by atoms with Crippen molar-refractivity contribution < 1.29 is 23.7 Å². The van der Waals surface area contributed by atoms with Crippen LogP contribution < -0.4 is 19.5 Å². The van der Waals surface area contributed by atoms with Gasteiger partial charge in [-0.15, -0.1) is 11.3 Å². The van der Waals surface area contributed by atoms with Crippen molar-refractivity contribution in [1.82, 2.24) is 4.98 Å². The Morgan fingerprint density at radius 3 is 2.50 bits per heavy atom. The first-order chi connectivity index (χ1) is 13.7. The van der Waals surface area contributed by atoms with Crippen molar-refractivity contribution in [1.29, 1.82) is 0 Å². The minimum Gasteiger partial charge on any atom is -0.497 e. The average Bonchev–Trinajstić information content (AvgIpc) is 3.18. The van der Waals surface area contributed by atoms with Gasteiger partial charge in [0.1, 0.15) is 12.4 Å². The molecule has 2 aromatic carbocycles. The van der Waals surface area contributed by atoms with Gasteiger partial charge in [-0.3, -0.25) is 0 Å². The molecule has 0 fully saturated rings. The first kappa shape index (κ1) is 19.5. The second-order valence-corrected chi connectivity index (χ2v) is 6.46. The maximum Gasteiger partial charge on any atom is 0.344 e. The highest BCUT2D eigenvalue weighted by molar-refractivity contribution is 7.13. The van der Waals surface area contributed by atoms with Crippen molar-refractivity contribution in [2.24, 2.45) is 0 Å². The predicted octanol–water partition coefficient (Wildman–Crippen LogP) is 4.03. The molecule has 1 heterocycles. The fraction of sp³-hybridized carbons (Fsp3) is 0.200. The van der Waals surface area contributed by atoms with Crippen molar-refractivity contribution in [2.75, 3.05) is 26.1 Å². The Balaban J connectivity index is 1.46. The number of methoxy groups -OCH3 is 2. The number of hydrogen-bond acceptors (Lipinski definition) is 8. The molecular formula is C20H20N2O5S. The number of benzene rings is 2. The molecule has 0 radical (unpaired) electrons. The van der Waals surface area contributed by atoms with Crippen LogP contribution in [0.25, 0.3) is 0 Å². The van der Waals surface area contributed by atoms with E-state index in [0.29, 0.717) is 22.3 Å². The van der Waals surface area contributed by atoms with Crippen LogP contribution in [0.2, 0.25) is 0 Å². The van der Waals surface area contributed by atoms with Gasteiger partial charge < -0.3 is 24.3 Å². The summed E-state index contributed by atoms with van der Waals surface area (Å²) >= 11 is 1.43. The van der Waals surface area contributed by atoms with Gasteiger partial charge in [0.15, 0.2) is 23.2 Å². The molecule has 146 valence electrons. The zero-order valence-corrected chi connectivity index (χ0v) is 16.3. The molecule has 0 atom stereocenters. The number of carbonyl (C=O) groups excluding carboxylic acids is 1. The molecule has 3 rings (SSSR count). The average molecular weight is 400 g/mol. The highest BCUT2D eigenvalue weighted by Gasteiger charge is 2.10. The zero-order chi connectivity index (χ0) is 19.8. The summed E-state index contributed by atoms with van der Waals surface area (Å²) in [6.45, 7) is -0.129. The number of nitrogens with one attached hydrogen (secondary N) is 1. The summed E-state index contributed by atoms with van der Waals surface area (Å²) in [4.78, 5) is 16.3. The Hall–Kier alpha value is -3.26. The van der Waals surface area contributed by atoms with E-state index in [9.17, 15) is 4.79 Å². The Morgan fingerprint density at radius 2 is 1.79 bits per heavy atom. The van der Waals surface area contributed by atoms with E-state index >= 15 is 0 Å². The van der Waals surface area contributed by atoms with Crippen LogP contribution in [0.3, 0.4) is 0 Å². The third kappa shape index (κ3) is 5.37. The van der Waals surface area contributed by atoms with Gasteiger partial charge in [-0.05, 0) is 36.4 Å². The van der Waals surface area contributed by atoms with Gasteiger partial charge in [0, 0.05) is 11.1 Å². The number of nitrogens with zero attached hydrogens (tertiary/aromatic N) is 1. The molecule has 1 N–H and O–H groups in total. The molecule has 7 nitrogen and oxygen atoms in total. The molecule has 0 spiro atoms. The van der Waals surface area contributed by atoms with Crippen LogP contribution in [0, 0.1) is 0 Å². The number of anilines is 2. The molecular weight excluding hydrogens is 380 g/mol. The summed E-state index contributed by atoms with van der Waals surface area (Å²) in [5.74, 6) is 1.35. The van der Waals surface area contributed by atoms with Crippen molar-refractivity contribution in [2.45, 2.75) is 6.61 Å². The number of aromatic nitrogens is 1. The molecule has 28 heavy (non-hydrogen) atoms. The lowest BCUT2D eigenvalue weighted by Gasteiger charge is -2.09. The van der Waals surface area contributed by atoms with Gasteiger partial charge in [-0.25, -0.2) is 9.78 Å². The van der Waals surface area contributed by atoms with Gasteiger partial charge in [-0.1, -0.05) is 12.1 Å². The molecule has 0 aliphatic carbocycles. The van der Waals surface area contributed by atoms with E-state index in [0.717, 1.165) is 11.4 Å².